The second kappa shape index (κ2) is 5.90. The predicted octanol–water partition coefficient (Wildman–Crippen LogP) is 2.64. The summed E-state index contributed by atoms with van der Waals surface area (Å²) in [6, 6.07) is 4.40. The van der Waals surface area contributed by atoms with Crippen molar-refractivity contribution in [1.29, 1.82) is 0 Å². The normalized spacial score (nSPS) is 12.2. The van der Waals surface area contributed by atoms with Gasteiger partial charge in [-0.1, -0.05) is 24.7 Å². The monoisotopic (exact) mass is 353 g/mol. The van der Waals surface area contributed by atoms with Gasteiger partial charge in [0.1, 0.15) is 16.8 Å². The molecule has 2 rings (SSSR count). The minimum absolute atomic E-state index is 0.0230. The van der Waals surface area contributed by atoms with E-state index in [9.17, 15) is 18.5 Å². The average molecular weight is 353 g/mol. The van der Waals surface area contributed by atoms with Gasteiger partial charge in [0, 0.05) is 12.5 Å². The number of benzene rings is 1. The van der Waals surface area contributed by atoms with Crippen molar-refractivity contribution in [1.82, 2.24) is 8.96 Å². The largest absolute Gasteiger partial charge is 0.496 e. The van der Waals surface area contributed by atoms with Crippen molar-refractivity contribution in [2.24, 2.45) is 0 Å². The van der Waals surface area contributed by atoms with Gasteiger partial charge in [0.2, 0.25) is 5.82 Å². The SMILES string of the molecule is COc1ccc(S(=O)(=O)n2c([N+](=O)[O-])cnc2C)cc1C(C)(C)C. The van der Waals surface area contributed by atoms with Gasteiger partial charge in [-0.25, -0.2) is 4.98 Å². The van der Waals surface area contributed by atoms with Gasteiger partial charge in [0.05, 0.1) is 7.11 Å². The Labute approximate surface area is 140 Å². The number of hydrogen-bond donors (Lipinski definition) is 0. The van der Waals surface area contributed by atoms with Crippen LogP contribution in [0.1, 0.15) is 32.2 Å². The quantitative estimate of drug-likeness (QED) is 0.618. The standard InChI is InChI=1S/C15H19N3O5S/c1-10-16-9-14(18(19)20)17(10)24(21,22)11-6-7-13(23-5)12(8-11)15(2,3)4/h6-9H,1-5H3. The molecule has 0 spiro atoms. The molecule has 0 saturated carbocycles. The molecule has 1 aromatic carbocycles. The van der Waals surface area contributed by atoms with Crippen LogP contribution in [-0.4, -0.2) is 29.4 Å². The molecule has 0 N–H and O–H groups in total. The van der Waals surface area contributed by atoms with E-state index in [1.807, 2.05) is 20.8 Å². The zero-order chi connectivity index (χ0) is 18.3. The first-order chi connectivity index (χ1) is 11.0. The van der Waals surface area contributed by atoms with Gasteiger partial charge in [-0.2, -0.15) is 8.42 Å². The van der Waals surface area contributed by atoms with E-state index in [-0.39, 0.29) is 16.1 Å². The highest BCUT2D eigenvalue weighted by Crippen LogP contribution is 2.34. The average Bonchev–Trinajstić information content (AvgIpc) is 2.88. The van der Waals surface area contributed by atoms with Crippen molar-refractivity contribution in [2.75, 3.05) is 7.11 Å². The first-order valence-electron chi connectivity index (χ1n) is 7.13. The fraction of sp³-hybridized carbons (Fsp3) is 0.400. The molecule has 0 unspecified atom stereocenters. The minimum Gasteiger partial charge on any atom is -0.496 e. The maximum absolute atomic E-state index is 12.9. The second-order valence-electron chi connectivity index (χ2n) is 6.30. The maximum Gasteiger partial charge on any atom is 0.358 e. The molecule has 24 heavy (non-hydrogen) atoms. The Bertz CT molecular complexity index is 894. The van der Waals surface area contributed by atoms with Gasteiger partial charge >= 0.3 is 15.8 Å². The van der Waals surface area contributed by atoms with Gasteiger partial charge in [-0.05, 0) is 28.5 Å². The Morgan fingerprint density at radius 2 is 1.92 bits per heavy atom. The van der Waals surface area contributed by atoms with Crippen LogP contribution in [0.15, 0.2) is 29.3 Å². The summed E-state index contributed by atoms with van der Waals surface area (Å²) in [6.07, 6.45) is 0.932. The molecule has 130 valence electrons. The highest BCUT2D eigenvalue weighted by atomic mass is 32.2. The van der Waals surface area contributed by atoms with E-state index in [1.54, 1.807) is 6.07 Å². The smallest absolute Gasteiger partial charge is 0.358 e. The lowest BCUT2D eigenvalue weighted by atomic mass is 9.86. The molecule has 0 bridgehead atoms. The molecule has 9 heteroatoms. The highest BCUT2D eigenvalue weighted by Gasteiger charge is 2.33. The Morgan fingerprint density at radius 3 is 2.42 bits per heavy atom. The molecule has 0 radical (unpaired) electrons. The Hall–Kier alpha value is -2.42. The number of ether oxygens (including phenoxy) is 1. The van der Waals surface area contributed by atoms with Crippen molar-refractivity contribution < 1.29 is 18.1 Å². The van der Waals surface area contributed by atoms with Gasteiger partial charge in [-0.15, -0.1) is 0 Å². The third kappa shape index (κ3) is 2.99. The molecular formula is C15H19N3O5S. The van der Waals surface area contributed by atoms with E-state index < -0.39 is 20.8 Å². The molecule has 0 aliphatic heterocycles. The molecular weight excluding hydrogens is 334 g/mol. The summed E-state index contributed by atoms with van der Waals surface area (Å²) in [6.45, 7) is 7.17. The lowest BCUT2D eigenvalue weighted by Crippen LogP contribution is -2.19. The van der Waals surface area contributed by atoms with Crippen LogP contribution >= 0.6 is 0 Å². The van der Waals surface area contributed by atoms with E-state index in [4.69, 9.17) is 4.74 Å². The first-order valence-corrected chi connectivity index (χ1v) is 8.57. The molecule has 1 heterocycles. The van der Waals surface area contributed by atoms with Crippen LogP contribution in [0.4, 0.5) is 5.82 Å². The van der Waals surface area contributed by atoms with Crippen LogP contribution in [0.2, 0.25) is 0 Å². The van der Waals surface area contributed by atoms with E-state index in [0.717, 1.165) is 6.20 Å². The highest BCUT2D eigenvalue weighted by molar-refractivity contribution is 7.90. The van der Waals surface area contributed by atoms with Crippen LogP contribution in [0.5, 0.6) is 5.75 Å². The zero-order valence-electron chi connectivity index (χ0n) is 14.1. The number of rotatable bonds is 4. The minimum atomic E-state index is -4.15. The molecule has 0 aliphatic rings. The molecule has 0 saturated heterocycles. The molecule has 0 atom stereocenters. The van der Waals surface area contributed by atoms with E-state index >= 15 is 0 Å². The van der Waals surface area contributed by atoms with Crippen molar-refractivity contribution >= 4 is 15.8 Å². The summed E-state index contributed by atoms with van der Waals surface area (Å²) in [5, 5.41) is 11.1. The predicted molar refractivity (Wildman–Crippen MR) is 87.9 cm³/mol. The number of nitro groups is 1. The zero-order valence-corrected chi connectivity index (χ0v) is 14.9. The molecule has 2 aromatic rings. The molecule has 0 fully saturated rings. The first kappa shape index (κ1) is 17.9. The van der Waals surface area contributed by atoms with Crippen molar-refractivity contribution in [3.8, 4) is 5.75 Å². The number of nitrogens with zero attached hydrogens (tertiary/aromatic N) is 3. The summed E-state index contributed by atoms with van der Waals surface area (Å²) >= 11 is 0. The van der Waals surface area contributed by atoms with Crippen LogP contribution < -0.4 is 4.74 Å². The second-order valence-corrected chi connectivity index (χ2v) is 8.09. The van der Waals surface area contributed by atoms with Crippen LogP contribution in [-0.2, 0) is 15.4 Å². The van der Waals surface area contributed by atoms with Gasteiger partial charge < -0.3 is 14.9 Å². The Morgan fingerprint density at radius 1 is 1.29 bits per heavy atom. The number of methoxy groups -OCH3 is 1. The van der Waals surface area contributed by atoms with E-state index in [1.165, 1.54) is 26.2 Å². The Balaban J connectivity index is 2.72. The molecule has 0 aliphatic carbocycles. The van der Waals surface area contributed by atoms with Crippen LogP contribution in [0.25, 0.3) is 0 Å². The lowest BCUT2D eigenvalue weighted by molar-refractivity contribution is -0.390. The van der Waals surface area contributed by atoms with Crippen molar-refractivity contribution in [3.63, 3.8) is 0 Å². The summed E-state index contributed by atoms with van der Waals surface area (Å²) in [5.41, 5.74) is 0.318. The summed E-state index contributed by atoms with van der Waals surface area (Å²) < 4.78 is 31.7. The third-order valence-corrected chi connectivity index (χ3v) is 5.35. The lowest BCUT2D eigenvalue weighted by Gasteiger charge is -2.22. The molecule has 0 amide bonds. The Kier molecular flexibility index (Phi) is 4.40. The summed E-state index contributed by atoms with van der Waals surface area (Å²) in [7, 11) is -2.65. The fourth-order valence-electron chi connectivity index (χ4n) is 2.38. The van der Waals surface area contributed by atoms with Crippen LogP contribution in [0, 0.1) is 17.0 Å². The molecule has 8 nitrogen and oxygen atoms in total. The van der Waals surface area contributed by atoms with Gasteiger partial charge in [0.25, 0.3) is 0 Å². The summed E-state index contributed by atoms with van der Waals surface area (Å²) in [5.74, 6) is -0.0197. The number of imidazole rings is 1. The number of aromatic nitrogens is 2. The van der Waals surface area contributed by atoms with E-state index in [2.05, 4.69) is 4.98 Å². The van der Waals surface area contributed by atoms with Crippen molar-refractivity contribution in [3.05, 3.63) is 45.9 Å². The fourth-order valence-corrected chi connectivity index (χ4v) is 3.85. The molecule has 1 aromatic heterocycles. The number of aryl methyl sites for hydroxylation is 1. The number of hydrogen-bond acceptors (Lipinski definition) is 6. The maximum atomic E-state index is 12.9. The van der Waals surface area contributed by atoms with E-state index in [0.29, 0.717) is 15.3 Å². The topological polar surface area (TPSA) is 104 Å². The summed E-state index contributed by atoms with van der Waals surface area (Å²) in [4.78, 5) is 14.0. The van der Waals surface area contributed by atoms with Crippen LogP contribution in [0.3, 0.4) is 0 Å². The van der Waals surface area contributed by atoms with Gasteiger partial charge in [-0.3, -0.25) is 0 Å². The third-order valence-electron chi connectivity index (χ3n) is 3.57. The van der Waals surface area contributed by atoms with Crippen molar-refractivity contribution in [2.45, 2.75) is 38.0 Å². The van der Waals surface area contributed by atoms with Gasteiger partial charge in [0.15, 0.2) is 0 Å².